The Bertz CT molecular complexity index is 806. The summed E-state index contributed by atoms with van der Waals surface area (Å²) in [5, 5.41) is 15.0. The topological polar surface area (TPSA) is 83.4 Å². The van der Waals surface area contributed by atoms with Crippen LogP contribution in [0, 0.1) is 11.3 Å². The van der Waals surface area contributed by atoms with Crippen LogP contribution in [0.15, 0.2) is 60.3 Å². The van der Waals surface area contributed by atoms with Crippen LogP contribution in [0.25, 0.3) is 0 Å². The molecule has 0 saturated carbocycles. The lowest BCUT2D eigenvalue weighted by Gasteiger charge is -2.13. The summed E-state index contributed by atoms with van der Waals surface area (Å²) in [6, 6.07) is 16.3. The second-order valence-electron chi connectivity index (χ2n) is 5.51. The lowest BCUT2D eigenvalue weighted by molar-refractivity contribution is -0.112. The van der Waals surface area contributed by atoms with Crippen LogP contribution in [0.5, 0.6) is 11.5 Å². The predicted molar refractivity (Wildman–Crippen MR) is 99.9 cm³/mol. The van der Waals surface area contributed by atoms with Crippen molar-refractivity contribution >= 4 is 11.6 Å². The van der Waals surface area contributed by atoms with Crippen LogP contribution < -0.4 is 20.1 Å². The van der Waals surface area contributed by atoms with E-state index in [-0.39, 0.29) is 11.6 Å². The molecule has 0 aromatic heterocycles. The van der Waals surface area contributed by atoms with E-state index in [4.69, 9.17) is 9.47 Å². The Morgan fingerprint density at radius 3 is 2.08 bits per heavy atom. The Morgan fingerprint density at radius 1 is 1.04 bits per heavy atom. The van der Waals surface area contributed by atoms with Crippen molar-refractivity contribution in [2.24, 2.45) is 0 Å². The number of nitriles is 1. The molecule has 1 amide bonds. The van der Waals surface area contributed by atoms with Gasteiger partial charge in [0.1, 0.15) is 23.1 Å². The molecule has 0 aliphatic heterocycles. The minimum absolute atomic E-state index is 0.0128. The molecule has 0 aliphatic rings. The summed E-state index contributed by atoms with van der Waals surface area (Å²) < 4.78 is 10.2. The van der Waals surface area contributed by atoms with Gasteiger partial charge in [-0.3, -0.25) is 4.79 Å². The second-order valence-corrected chi connectivity index (χ2v) is 5.51. The number of hydrogen-bond donors (Lipinski definition) is 2. The summed E-state index contributed by atoms with van der Waals surface area (Å²) in [7, 11) is 3.18. The molecule has 2 rings (SSSR count). The largest absolute Gasteiger partial charge is 0.497 e. The Morgan fingerprint density at radius 2 is 1.58 bits per heavy atom. The maximum atomic E-state index is 12.2. The van der Waals surface area contributed by atoms with Gasteiger partial charge in [-0.25, -0.2) is 0 Å². The third-order valence-corrected chi connectivity index (χ3v) is 3.81. The number of nitrogens with one attached hydrogen (secondary N) is 2. The van der Waals surface area contributed by atoms with Gasteiger partial charge < -0.3 is 20.1 Å². The normalized spacial score (nSPS) is 11.8. The maximum Gasteiger partial charge on any atom is 0.267 e. The molecule has 26 heavy (non-hydrogen) atoms. The highest BCUT2D eigenvalue weighted by atomic mass is 16.5. The number of ether oxygens (including phenoxy) is 2. The standard InChI is InChI=1S/C20H21N3O3/c1-14(15-4-8-18(25-2)9-5-15)22-13-16(12-21)20(24)23-17-6-10-19(26-3)11-7-17/h4-11,13-14,22H,1-3H3,(H,23,24)/b16-13-. The number of rotatable bonds is 7. The van der Waals surface area contributed by atoms with Crippen LogP contribution in [-0.2, 0) is 4.79 Å². The van der Waals surface area contributed by atoms with E-state index in [2.05, 4.69) is 10.6 Å². The first-order valence-electron chi connectivity index (χ1n) is 8.03. The molecule has 1 atom stereocenters. The molecule has 0 bridgehead atoms. The van der Waals surface area contributed by atoms with E-state index in [0.29, 0.717) is 11.4 Å². The first-order valence-corrected chi connectivity index (χ1v) is 8.03. The van der Waals surface area contributed by atoms with Gasteiger partial charge in [-0.2, -0.15) is 5.26 Å². The van der Waals surface area contributed by atoms with Crippen LogP contribution in [0.2, 0.25) is 0 Å². The molecule has 0 saturated heterocycles. The first-order chi connectivity index (χ1) is 12.6. The van der Waals surface area contributed by atoms with Crippen LogP contribution in [0.1, 0.15) is 18.5 Å². The molecular formula is C20H21N3O3. The number of carbonyl (C=O) groups is 1. The van der Waals surface area contributed by atoms with Crippen molar-refractivity contribution in [1.29, 1.82) is 5.26 Å². The number of benzene rings is 2. The molecule has 1 unspecified atom stereocenters. The van der Waals surface area contributed by atoms with Gasteiger partial charge in [0.05, 0.1) is 14.2 Å². The smallest absolute Gasteiger partial charge is 0.267 e. The molecule has 0 radical (unpaired) electrons. The van der Waals surface area contributed by atoms with Crippen molar-refractivity contribution in [2.45, 2.75) is 13.0 Å². The second kappa shape index (κ2) is 9.14. The molecule has 6 nitrogen and oxygen atoms in total. The minimum Gasteiger partial charge on any atom is -0.497 e. The first kappa shape index (κ1) is 18.9. The fourth-order valence-electron chi connectivity index (χ4n) is 2.22. The highest BCUT2D eigenvalue weighted by Gasteiger charge is 2.11. The van der Waals surface area contributed by atoms with Gasteiger partial charge in [-0.05, 0) is 48.9 Å². The van der Waals surface area contributed by atoms with E-state index in [9.17, 15) is 10.1 Å². The number of amides is 1. The predicted octanol–water partition coefficient (Wildman–Crippen LogP) is 3.40. The van der Waals surface area contributed by atoms with Crippen LogP contribution in [0.4, 0.5) is 5.69 Å². The van der Waals surface area contributed by atoms with Crippen molar-refractivity contribution in [1.82, 2.24) is 5.32 Å². The van der Waals surface area contributed by atoms with Gasteiger partial charge >= 0.3 is 0 Å². The number of carbonyl (C=O) groups excluding carboxylic acids is 1. The molecule has 0 heterocycles. The Labute approximate surface area is 153 Å². The van der Waals surface area contributed by atoms with Crippen molar-refractivity contribution in [3.05, 3.63) is 65.9 Å². The summed E-state index contributed by atoms with van der Waals surface area (Å²) >= 11 is 0. The van der Waals surface area contributed by atoms with Crippen LogP contribution >= 0.6 is 0 Å². The lowest BCUT2D eigenvalue weighted by atomic mass is 10.1. The van der Waals surface area contributed by atoms with E-state index >= 15 is 0 Å². The zero-order chi connectivity index (χ0) is 18.9. The van der Waals surface area contributed by atoms with Gasteiger partial charge in [-0.15, -0.1) is 0 Å². The molecule has 2 N–H and O–H groups in total. The summed E-state index contributed by atoms with van der Waals surface area (Å²) in [5.41, 5.74) is 1.58. The molecule has 2 aromatic rings. The van der Waals surface area contributed by atoms with Gasteiger partial charge in [0.25, 0.3) is 5.91 Å². The summed E-state index contributed by atoms with van der Waals surface area (Å²) in [6.45, 7) is 1.94. The zero-order valence-corrected chi connectivity index (χ0v) is 14.9. The van der Waals surface area contributed by atoms with Gasteiger partial charge in [-0.1, -0.05) is 12.1 Å². The Balaban J connectivity index is 2.01. The SMILES string of the molecule is COc1ccc(NC(=O)/C(C#N)=C\NC(C)c2ccc(OC)cc2)cc1. The Kier molecular flexibility index (Phi) is 6.63. The van der Waals surface area contributed by atoms with Crippen molar-refractivity contribution in [3.63, 3.8) is 0 Å². The molecule has 0 aliphatic carbocycles. The highest BCUT2D eigenvalue weighted by Crippen LogP contribution is 2.18. The maximum absolute atomic E-state index is 12.2. The molecule has 0 fully saturated rings. The van der Waals surface area contributed by atoms with Crippen molar-refractivity contribution in [2.75, 3.05) is 19.5 Å². The summed E-state index contributed by atoms with van der Waals surface area (Å²) in [5.74, 6) is 0.981. The van der Waals surface area contributed by atoms with Gasteiger partial charge in [0, 0.05) is 17.9 Å². The minimum atomic E-state index is -0.480. The number of anilines is 1. The van der Waals surface area contributed by atoms with Crippen molar-refractivity contribution < 1.29 is 14.3 Å². The highest BCUT2D eigenvalue weighted by molar-refractivity contribution is 6.06. The monoisotopic (exact) mass is 351 g/mol. The number of methoxy groups -OCH3 is 2. The molecule has 2 aromatic carbocycles. The summed E-state index contributed by atoms with van der Waals surface area (Å²) in [4.78, 5) is 12.2. The zero-order valence-electron chi connectivity index (χ0n) is 14.9. The number of hydrogen-bond acceptors (Lipinski definition) is 5. The molecule has 0 spiro atoms. The van der Waals surface area contributed by atoms with E-state index in [1.54, 1.807) is 38.5 Å². The van der Waals surface area contributed by atoms with E-state index in [1.165, 1.54) is 6.20 Å². The fourth-order valence-corrected chi connectivity index (χ4v) is 2.22. The van der Waals surface area contributed by atoms with Crippen molar-refractivity contribution in [3.8, 4) is 17.6 Å². The van der Waals surface area contributed by atoms with Gasteiger partial charge in [0.15, 0.2) is 0 Å². The average molecular weight is 351 g/mol. The third kappa shape index (κ3) is 5.02. The Hall–Kier alpha value is -3.46. The molecule has 134 valence electrons. The number of nitrogens with zero attached hydrogens (tertiary/aromatic N) is 1. The quantitative estimate of drug-likeness (QED) is 0.590. The fraction of sp³-hybridized carbons (Fsp3) is 0.200. The van der Waals surface area contributed by atoms with E-state index in [0.717, 1.165) is 11.3 Å². The molecular weight excluding hydrogens is 330 g/mol. The van der Waals surface area contributed by atoms with E-state index < -0.39 is 5.91 Å². The summed E-state index contributed by atoms with van der Waals surface area (Å²) in [6.07, 6.45) is 1.42. The van der Waals surface area contributed by atoms with E-state index in [1.807, 2.05) is 37.3 Å². The van der Waals surface area contributed by atoms with Crippen LogP contribution in [-0.4, -0.2) is 20.1 Å². The lowest BCUT2D eigenvalue weighted by Crippen LogP contribution is -2.18. The van der Waals surface area contributed by atoms with Crippen LogP contribution in [0.3, 0.4) is 0 Å². The average Bonchev–Trinajstić information content (AvgIpc) is 2.69. The third-order valence-electron chi connectivity index (χ3n) is 3.81. The molecule has 6 heteroatoms. The van der Waals surface area contributed by atoms with Gasteiger partial charge in [0.2, 0.25) is 0 Å².